The minimum absolute atomic E-state index is 0.103. The smallest absolute Gasteiger partial charge is 0.226 e. The standard InChI is InChI=1S/C15H17NO3/c1-10-15(11-6-8-12(18-2)9-7-11)13-4-3-5-14(13)19-16(10)17/h3,5-9,13-15H,4H2,1-2H3/t13-,14+,15-/m0/s1. The van der Waals surface area contributed by atoms with Crippen molar-refractivity contribution >= 4 is 5.71 Å². The summed E-state index contributed by atoms with van der Waals surface area (Å²) in [4.78, 5) is 6.02. The van der Waals surface area contributed by atoms with Crippen LogP contribution < -0.4 is 4.74 Å². The van der Waals surface area contributed by atoms with Gasteiger partial charge in [-0.1, -0.05) is 24.3 Å². The normalized spacial score (nSPS) is 29.1. The Morgan fingerprint density at radius 3 is 2.74 bits per heavy atom. The molecule has 0 bridgehead atoms. The molecule has 1 aliphatic heterocycles. The molecule has 4 nitrogen and oxygen atoms in total. The summed E-state index contributed by atoms with van der Waals surface area (Å²) >= 11 is 0. The fourth-order valence-corrected chi connectivity index (χ4v) is 3.00. The molecule has 1 aliphatic carbocycles. The molecule has 0 saturated heterocycles. The number of benzene rings is 1. The molecule has 1 aromatic carbocycles. The van der Waals surface area contributed by atoms with Gasteiger partial charge in [-0.15, -0.1) is 0 Å². The molecule has 3 rings (SSSR count). The molecule has 2 aliphatic rings. The molecule has 0 saturated carbocycles. The molecule has 19 heavy (non-hydrogen) atoms. The van der Waals surface area contributed by atoms with Crippen LogP contribution in [0.2, 0.25) is 0 Å². The van der Waals surface area contributed by atoms with Gasteiger partial charge in [-0.2, -0.15) is 0 Å². The number of methoxy groups -OCH3 is 1. The molecule has 0 fully saturated rings. The average Bonchev–Trinajstić information content (AvgIpc) is 2.88. The Labute approximate surface area is 112 Å². The molecule has 1 aromatic rings. The number of hydrogen-bond acceptors (Lipinski definition) is 3. The predicted molar refractivity (Wildman–Crippen MR) is 72.2 cm³/mol. The van der Waals surface area contributed by atoms with E-state index in [4.69, 9.17) is 9.57 Å². The quantitative estimate of drug-likeness (QED) is 0.606. The highest BCUT2D eigenvalue weighted by atomic mass is 16.9. The van der Waals surface area contributed by atoms with E-state index >= 15 is 0 Å². The van der Waals surface area contributed by atoms with E-state index in [0.29, 0.717) is 10.8 Å². The van der Waals surface area contributed by atoms with Gasteiger partial charge < -0.3 is 9.57 Å². The minimum Gasteiger partial charge on any atom is -0.497 e. The molecule has 0 radical (unpaired) electrons. The first-order valence-electron chi connectivity index (χ1n) is 6.49. The van der Waals surface area contributed by atoms with Crippen LogP contribution in [0.5, 0.6) is 5.75 Å². The Hall–Kier alpha value is -1.97. The molecule has 0 aromatic heterocycles. The van der Waals surface area contributed by atoms with Crippen LogP contribution in [0.15, 0.2) is 36.4 Å². The summed E-state index contributed by atoms with van der Waals surface area (Å²) < 4.78 is 5.18. The summed E-state index contributed by atoms with van der Waals surface area (Å²) in [5, 5.41) is 11.8. The van der Waals surface area contributed by atoms with E-state index in [1.54, 1.807) is 7.11 Å². The molecule has 3 atom stereocenters. The van der Waals surface area contributed by atoms with E-state index in [1.807, 2.05) is 37.3 Å². The average molecular weight is 259 g/mol. The van der Waals surface area contributed by atoms with Crippen molar-refractivity contribution in [1.82, 2.24) is 0 Å². The van der Waals surface area contributed by atoms with Crippen molar-refractivity contribution in [3.63, 3.8) is 0 Å². The Morgan fingerprint density at radius 2 is 2.05 bits per heavy atom. The summed E-state index contributed by atoms with van der Waals surface area (Å²) in [6, 6.07) is 7.93. The van der Waals surface area contributed by atoms with Gasteiger partial charge in [0.15, 0.2) is 0 Å². The summed E-state index contributed by atoms with van der Waals surface area (Å²) in [5.41, 5.74) is 1.86. The van der Waals surface area contributed by atoms with Crippen molar-refractivity contribution in [3.8, 4) is 5.75 Å². The molecule has 4 heteroatoms. The van der Waals surface area contributed by atoms with Gasteiger partial charge in [0.1, 0.15) is 5.75 Å². The predicted octanol–water partition coefficient (Wildman–Crippen LogP) is 2.64. The zero-order chi connectivity index (χ0) is 13.4. The second kappa shape index (κ2) is 4.61. The number of fused-ring (bicyclic) bond motifs is 1. The first-order valence-corrected chi connectivity index (χ1v) is 6.49. The fraction of sp³-hybridized carbons (Fsp3) is 0.400. The molecule has 0 N–H and O–H groups in total. The first kappa shape index (κ1) is 12.1. The lowest BCUT2D eigenvalue weighted by Gasteiger charge is -2.33. The first-order chi connectivity index (χ1) is 9.20. The SMILES string of the molecule is COc1ccc([C@@H]2C(C)=[N+]([O-])O[C@@H]3C=CC[C@@H]32)cc1. The maximum Gasteiger partial charge on any atom is 0.226 e. The van der Waals surface area contributed by atoms with Crippen LogP contribution in [-0.4, -0.2) is 23.8 Å². The van der Waals surface area contributed by atoms with Gasteiger partial charge in [0, 0.05) is 17.7 Å². The van der Waals surface area contributed by atoms with Crippen molar-refractivity contribution in [2.75, 3.05) is 7.11 Å². The zero-order valence-corrected chi connectivity index (χ0v) is 11.1. The molecule has 0 unspecified atom stereocenters. The van der Waals surface area contributed by atoms with Crippen molar-refractivity contribution in [2.45, 2.75) is 25.4 Å². The molecule has 0 amide bonds. The van der Waals surface area contributed by atoms with E-state index in [-0.39, 0.29) is 12.0 Å². The van der Waals surface area contributed by atoms with Crippen molar-refractivity contribution in [2.24, 2.45) is 5.92 Å². The summed E-state index contributed by atoms with van der Waals surface area (Å²) in [6.07, 6.45) is 4.93. The Bertz CT molecular complexity index is 533. The third kappa shape index (κ3) is 1.97. The number of rotatable bonds is 2. The highest BCUT2D eigenvalue weighted by molar-refractivity contribution is 5.85. The van der Waals surface area contributed by atoms with E-state index in [2.05, 4.69) is 6.08 Å². The Morgan fingerprint density at radius 1 is 1.32 bits per heavy atom. The largest absolute Gasteiger partial charge is 0.497 e. The second-order valence-corrected chi connectivity index (χ2v) is 5.05. The van der Waals surface area contributed by atoms with E-state index in [9.17, 15) is 5.21 Å². The number of nitrogens with zero attached hydrogens (tertiary/aromatic N) is 1. The number of hydrogen-bond donors (Lipinski definition) is 0. The monoisotopic (exact) mass is 259 g/mol. The van der Waals surface area contributed by atoms with E-state index in [1.165, 1.54) is 0 Å². The van der Waals surface area contributed by atoms with Gasteiger partial charge in [0.05, 0.1) is 19.1 Å². The third-order valence-corrected chi connectivity index (χ3v) is 4.01. The Balaban J connectivity index is 1.98. The fourth-order valence-electron chi connectivity index (χ4n) is 3.00. The van der Waals surface area contributed by atoms with Crippen LogP contribution in [0.4, 0.5) is 0 Å². The molecule has 1 heterocycles. The lowest BCUT2D eigenvalue weighted by Crippen LogP contribution is -2.39. The van der Waals surface area contributed by atoms with Crippen molar-refractivity contribution < 1.29 is 14.5 Å². The van der Waals surface area contributed by atoms with Crippen LogP contribution >= 0.6 is 0 Å². The number of ether oxygens (including phenoxy) is 1. The second-order valence-electron chi connectivity index (χ2n) is 5.05. The van der Waals surface area contributed by atoms with E-state index < -0.39 is 0 Å². The topological polar surface area (TPSA) is 44.5 Å². The zero-order valence-electron chi connectivity index (χ0n) is 11.1. The molecule has 100 valence electrons. The maximum atomic E-state index is 11.8. The van der Waals surface area contributed by atoms with Crippen LogP contribution in [0.1, 0.15) is 24.8 Å². The lowest BCUT2D eigenvalue weighted by atomic mass is 9.79. The summed E-state index contributed by atoms with van der Waals surface area (Å²) in [7, 11) is 1.65. The summed E-state index contributed by atoms with van der Waals surface area (Å²) in [5.74, 6) is 1.25. The van der Waals surface area contributed by atoms with Crippen molar-refractivity contribution in [3.05, 3.63) is 47.2 Å². The van der Waals surface area contributed by atoms with Gasteiger partial charge in [0.25, 0.3) is 0 Å². The lowest BCUT2D eigenvalue weighted by molar-refractivity contribution is -0.757. The summed E-state index contributed by atoms with van der Waals surface area (Å²) in [6.45, 7) is 1.84. The van der Waals surface area contributed by atoms with E-state index in [0.717, 1.165) is 23.4 Å². The third-order valence-electron chi connectivity index (χ3n) is 4.01. The van der Waals surface area contributed by atoms with Gasteiger partial charge in [-0.05, 0) is 24.1 Å². The highest BCUT2D eigenvalue weighted by Gasteiger charge is 2.41. The maximum absolute atomic E-state index is 11.8. The minimum atomic E-state index is -0.103. The van der Waals surface area contributed by atoms with Crippen LogP contribution in [0, 0.1) is 11.1 Å². The molecule has 0 spiro atoms. The number of allylic oxidation sites excluding steroid dienone is 1. The molecular formula is C15H17NO3. The molecular weight excluding hydrogens is 242 g/mol. The van der Waals surface area contributed by atoms with Gasteiger partial charge in [0.2, 0.25) is 5.71 Å². The van der Waals surface area contributed by atoms with Crippen LogP contribution in [-0.2, 0) is 4.84 Å². The van der Waals surface area contributed by atoms with Gasteiger partial charge in [-0.3, -0.25) is 5.21 Å². The van der Waals surface area contributed by atoms with Crippen LogP contribution in [0.25, 0.3) is 0 Å². The van der Waals surface area contributed by atoms with Crippen LogP contribution in [0.3, 0.4) is 0 Å². The Kier molecular flexibility index (Phi) is 2.93. The van der Waals surface area contributed by atoms with Gasteiger partial charge >= 0.3 is 0 Å². The van der Waals surface area contributed by atoms with Crippen molar-refractivity contribution in [1.29, 1.82) is 0 Å². The highest BCUT2D eigenvalue weighted by Crippen LogP contribution is 2.39. The van der Waals surface area contributed by atoms with Gasteiger partial charge in [-0.25, -0.2) is 0 Å².